The van der Waals surface area contributed by atoms with Gasteiger partial charge in [-0.15, -0.1) is 0 Å². The van der Waals surface area contributed by atoms with Gasteiger partial charge in [-0.05, 0) is 48.5 Å². The number of methoxy groups -OCH3 is 2. The zero-order valence-electron chi connectivity index (χ0n) is 13.1. The molecule has 24 heavy (non-hydrogen) atoms. The molecule has 6 nitrogen and oxygen atoms in total. The number of hydrogen-bond acceptors (Lipinski definition) is 6. The summed E-state index contributed by atoms with van der Waals surface area (Å²) in [6, 6.07) is 13.3. The molecule has 3 aromatic rings. The van der Waals surface area contributed by atoms with Gasteiger partial charge in [0.15, 0.2) is 0 Å². The van der Waals surface area contributed by atoms with Gasteiger partial charge < -0.3 is 18.9 Å². The predicted molar refractivity (Wildman–Crippen MR) is 87.5 cm³/mol. The smallest absolute Gasteiger partial charge is 0.276 e. The summed E-state index contributed by atoms with van der Waals surface area (Å²) in [6.45, 7) is 0. The van der Waals surface area contributed by atoms with E-state index < -0.39 is 10.9 Å². The molecule has 0 saturated carbocycles. The van der Waals surface area contributed by atoms with E-state index in [1.165, 1.54) is 0 Å². The first-order valence-corrected chi connectivity index (χ1v) is 7.09. The molecule has 0 aliphatic heterocycles. The third kappa shape index (κ3) is 2.94. The first-order chi connectivity index (χ1) is 11.6. The van der Waals surface area contributed by atoms with Gasteiger partial charge in [-0.3, -0.25) is 9.59 Å². The average molecular weight is 326 g/mol. The molecule has 0 unspecified atom stereocenters. The first-order valence-electron chi connectivity index (χ1n) is 7.09. The standard InChI is InChI=1S/C18H14O6/c1-21-11-3-7-13(8-4-11)23-17-15(19)16(20)18(17)24-14-9-5-12(22-2)6-10-14/h3-10H,1-2H3. The lowest BCUT2D eigenvalue weighted by atomic mass is 10.2. The maximum absolute atomic E-state index is 11.7. The molecule has 0 aliphatic rings. The van der Waals surface area contributed by atoms with Crippen molar-refractivity contribution in [2.24, 2.45) is 0 Å². The van der Waals surface area contributed by atoms with Crippen LogP contribution in [-0.4, -0.2) is 14.2 Å². The summed E-state index contributed by atoms with van der Waals surface area (Å²) in [5.41, 5.74) is -1.43. The zero-order valence-corrected chi connectivity index (χ0v) is 13.1. The fourth-order valence-corrected chi connectivity index (χ4v) is 2.06. The summed E-state index contributed by atoms with van der Waals surface area (Å²) < 4.78 is 21.0. The van der Waals surface area contributed by atoms with Crippen LogP contribution in [0.3, 0.4) is 0 Å². The molecule has 0 aromatic heterocycles. The van der Waals surface area contributed by atoms with Crippen molar-refractivity contribution in [2.45, 2.75) is 0 Å². The maximum atomic E-state index is 11.7. The SMILES string of the molecule is COc1ccc(Oc2c(Oc3ccc(OC)cc3)c(=O)c2=O)cc1. The van der Waals surface area contributed by atoms with Crippen molar-refractivity contribution in [2.75, 3.05) is 14.2 Å². The van der Waals surface area contributed by atoms with Crippen LogP contribution in [0.5, 0.6) is 34.5 Å². The Hall–Kier alpha value is -3.28. The topological polar surface area (TPSA) is 71.1 Å². The highest BCUT2D eigenvalue weighted by Gasteiger charge is 2.25. The second kappa shape index (κ2) is 6.45. The first kappa shape index (κ1) is 15.6. The van der Waals surface area contributed by atoms with Crippen LogP contribution >= 0.6 is 0 Å². The molecule has 122 valence electrons. The average Bonchev–Trinajstić information content (AvgIpc) is 2.65. The van der Waals surface area contributed by atoms with E-state index >= 15 is 0 Å². The van der Waals surface area contributed by atoms with Gasteiger partial charge in [0.1, 0.15) is 23.0 Å². The summed E-state index contributed by atoms with van der Waals surface area (Å²) in [6.07, 6.45) is 0. The molecule has 0 aliphatic carbocycles. The second-order valence-electron chi connectivity index (χ2n) is 4.87. The molecule has 6 heteroatoms. The van der Waals surface area contributed by atoms with Crippen molar-refractivity contribution >= 4 is 0 Å². The molecule has 0 saturated heterocycles. The number of ether oxygens (including phenoxy) is 4. The minimum atomic E-state index is -0.714. The van der Waals surface area contributed by atoms with Crippen LogP contribution in [0.25, 0.3) is 0 Å². The number of benzene rings is 2. The van der Waals surface area contributed by atoms with E-state index in [9.17, 15) is 9.59 Å². The monoisotopic (exact) mass is 326 g/mol. The highest BCUT2D eigenvalue weighted by Crippen LogP contribution is 2.32. The van der Waals surface area contributed by atoms with Gasteiger partial charge in [0, 0.05) is 0 Å². The molecular formula is C18H14O6. The van der Waals surface area contributed by atoms with Gasteiger partial charge in [0.05, 0.1) is 14.2 Å². The molecular weight excluding hydrogens is 312 g/mol. The minimum absolute atomic E-state index is 0.110. The van der Waals surface area contributed by atoms with Gasteiger partial charge in [-0.1, -0.05) is 0 Å². The third-order valence-corrected chi connectivity index (χ3v) is 3.38. The van der Waals surface area contributed by atoms with Crippen LogP contribution in [0.15, 0.2) is 58.1 Å². The van der Waals surface area contributed by atoms with Crippen LogP contribution in [0.1, 0.15) is 0 Å². The van der Waals surface area contributed by atoms with E-state index in [4.69, 9.17) is 18.9 Å². The van der Waals surface area contributed by atoms with E-state index in [0.717, 1.165) is 0 Å². The van der Waals surface area contributed by atoms with E-state index in [2.05, 4.69) is 0 Å². The highest BCUT2D eigenvalue weighted by atomic mass is 16.5. The molecule has 0 radical (unpaired) electrons. The van der Waals surface area contributed by atoms with Crippen molar-refractivity contribution < 1.29 is 18.9 Å². The largest absolute Gasteiger partial charge is 0.497 e. The lowest BCUT2D eigenvalue weighted by Crippen LogP contribution is -2.32. The molecule has 0 spiro atoms. The van der Waals surface area contributed by atoms with Crippen molar-refractivity contribution in [3.63, 3.8) is 0 Å². The fourth-order valence-electron chi connectivity index (χ4n) is 2.06. The number of hydrogen-bond donors (Lipinski definition) is 0. The van der Waals surface area contributed by atoms with Gasteiger partial charge in [-0.2, -0.15) is 0 Å². The zero-order chi connectivity index (χ0) is 17.1. The van der Waals surface area contributed by atoms with Gasteiger partial charge in [0.25, 0.3) is 10.9 Å². The molecule has 0 atom stereocenters. The summed E-state index contributed by atoms with van der Waals surface area (Å²) in [5, 5.41) is 0. The molecule has 0 N–H and O–H groups in total. The van der Waals surface area contributed by atoms with E-state index in [0.29, 0.717) is 23.0 Å². The Morgan fingerprint density at radius 3 is 1.12 bits per heavy atom. The number of rotatable bonds is 6. The fraction of sp³-hybridized carbons (Fsp3) is 0.111. The predicted octanol–water partition coefficient (Wildman–Crippen LogP) is 2.88. The Labute approximate surface area is 137 Å². The van der Waals surface area contributed by atoms with Gasteiger partial charge in [0.2, 0.25) is 11.5 Å². The van der Waals surface area contributed by atoms with Crippen molar-refractivity contribution in [3.05, 3.63) is 69.0 Å². The molecule has 0 bridgehead atoms. The molecule has 0 fully saturated rings. The van der Waals surface area contributed by atoms with E-state index in [1.807, 2.05) is 0 Å². The molecule has 3 aromatic carbocycles. The minimum Gasteiger partial charge on any atom is -0.497 e. The normalized spacial score (nSPS) is 10.4. The lowest BCUT2D eigenvalue weighted by molar-refractivity contribution is 0.394. The van der Waals surface area contributed by atoms with Crippen LogP contribution in [0.2, 0.25) is 0 Å². The molecule has 0 amide bonds. The van der Waals surface area contributed by atoms with Crippen LogP contribution < -0.4 is 29.8 Å². The Kier molecular flexibility index (Phi) is 4.20. The summed E-state index contributed by atoms with van der Waals surface area (Å²) in [7, 11) is 3.10. The molecule has 3 rings (SSSR count). The summed E-state index contributed by atoms with van der Waals surface area (Å²) >= 11 is 0. The third-order valence-electron chi connectivity index (χ3n) is 3.38. The molecule has 0 heterocycles. The Balaban J connectivity index is 1.80. The van der Waals surface area contributed by atoms with Crippen molar-refractivity contribution in [3.8, 4) is 34.5 Å². The highest BCUT2D eigenvalue weighted by molar-refractivity contribution is 5.51. The van der Waals surface area contributed by atoms with E-state index in [-0.39, 0.29) is 11.5 Å². The Morgan fingerprint density at radius 2 is 0.833 bits per heavy atom. The van der Waals surface area contributed by atoms with Gasteiger partial charge >= 0.3 is 0 Å². The Morgan fingerprint density at radius 1 is 0.542 bits per heavy atom. The Bertz CT molecular complexity index is 825. The van der Waals surface area contributed by atoms with E-state index in [1.54, 1.807) is 62.8 Å². The van der Waals surface area contributed by atoms with Crippen molar-refractivity contribution in [1.82, 2.24) is 0 Å². The quantitative estimate of drug-likeness (QED) is 0.649. The van der Waals surface area contributed by atoms with Crippen LogP contribution in [0, 0.1) is 0 Å². The second-order valence-corrected chi connectivity index (χ2v) is 4.87. The van der Waals surface area contributed by atoms with Crippen molar-refractivity contribution in [1.29, 1.82) is 0 Å². The lowest BCUT2D eigenvalue weighted by Gasteiger charge is -2.13. The van der Waals surface area contributed by atoms with Crippen LogP contribution in [-0.2, 0) is 0 Å². The maximum Gasteiger partial charge on any atom is 0.276 e. The summed E-state index contributed by atoms with van der Waals surface area (Å²) in [5.74, 6) is 1.90. The van der Waals surface area contributed by atoms with Crippen LogP contribution in [0.4, 0.5) is 0 Å². The van der Waals surface area contributed by atoms with Gasteiger partial charge in [-0.25, -0.2) is 0 Å². The summed E-state index contributed by atoms with van der Waals surface area (Å²) in [4.78, 5) is 23.5.